The Hall–Kier alpha value is -3.07. The van der Waals surface area contributed by atoms with E-state index in [4.69, 9.17) is 0 Å². The number of anilines is 1. The van der Waals surface area contributed by atoms with Crippen molar-refractivity contribution in [3.8, 4) is 0 Å². The molecule has 2 heterocycles. The number of imidazole rings is 1. The fourth-order valence-corrected chi connectivity index (χ4v) is 2.31. The SMILES string of the molecule is O=[N+]([O-])c1c(NC[C@@H](O)c2ccc(F)c(F)c2)nc2ccccn12. The minimum atomic E-state index is -1.19. The van der Waals surface area contributed by atoms with Gasteiger partial charge in [0.15, 0.2) is 11.6 Å². The summed E-state index contributed by atoms with van der Waals surface area (Å²) >= 11 is 0. The van der Waals surface area contributed by atoms with E-state index < -0.39 is 22.7 Å². The van der Waals surface area contributed by atoms with Gasteiger partial charge in [0, 0.05) is 12.6 Å². The Morgan fingerprint density at radius 1 is 1.29 bits per heavy atom. The molecule has 1 aromatic carbocycles. The first kappa shape index (κ1) is 15.8. The lowest BCUT2D eigenvalue weighted by Gasteiger charge is -2.12. The normalized spacial score (nSPS) is 12.3. The molecule has 7 nitrogen and oxygen atoms in total. The zero-order chi connectivity index (χ0) is 17.3. The van der Waals surface area contributed by atoms with Crippen molar-refractivity contribution >= 4 is 17.3 Å². The Labute approximate surface area is 134 Å². The van der Waals surface area contributed by atoms with Gasteiger partial charge in [0.1, 0.15) is 0 Å². The van der Waals surface area contributed by atoms with Crippen molar-refractivity contribution in [2.75, 3.05) is 11.9 Å². The maximum absolute atomic E-state index is 13.2. The topological polar surface area (TPSA) is 92.7 Å². The third kappa shape index (κ3) is 2.88. The lowest BCUT2D eigenvalue weighted by atomic mass is 10.1. The quantitative estimate of drug-likeness (QED) is 0.553. The maximum Gasteiger partial charge on any atom is 0.372 e. The summed E-state index contributed by atoms with van der Waals surface area (Å²) in [6.07, 6.45) is 0.307. The zero-order valence-corrected chi connectivity index (χ0v) is 12.2. The van der Waals surface area contributed by atoms with Gasteiger partial charge in [-0.2, -0.15) is 9.38 Å². The van der Waals surface area contributed by atoms with Crippen LogP contribution in [0.2, 0.25) is 0 Å². The predicted octanol–water partition coefficient (Wildman–Crippen LogP) is 2.67. The molecule has 0 fully saturated rings. The molecule has 2 N–H and O–H groups in total. The summed E-state index contributed by atoms with van der Waals surface area (Å²) in [6.45, 7) is -0.157. The highest BCUT2D eigenvalue weighted by Crippen LogP contribution is 2.26. The largest absolute Gasteiger partial charge is 0.387 e. The highest BCUT2D eigenvalue weighted by Gasteiger charge is 2.23. The molecule has 9 heteroatoms. The summed E-state index contributed by atoms with van der Waals surface area (Å²) in [5.74, 6) is -2.39. The molecule has 2 aromatic heterocycles. The Kier molecular flexibility index (Phi) is 4.09. The molecule has 0 aliphatic rings. The van der Waals surface area contributed by atoms with Gasteiger partial charge in [-0.05, 0) is 28.7 Å². The fourth-order valence-electron chi connectivity index (χ4n) is 2.31. The first-order valence-electron chi connectivity index (χ1n) is 6.95. The number of pyridine rings is 1. The number of fused-ring (bicyclic) bond motifs is 1. The van der Waals surface area contributed by atoms with E-state index >= 15 is 0 Å². The fraction of sp³-hybridized carbons (Fsp3) is 0.133. The van der Waals surface area contributed by atoms with Crippen molar-refractivity contribution in [2.24, 2.45) is 0 Å². The van der Waals surface area contributed by atoms with Gasteiger partial charge in [-0.1, -0.05) is 12.1 Å². The number of hydrogen-bond acceptors (Lipinski definition) is 5. The van der Waals surface area contributed by atoms with Gasteiger partial charge in [-0.3, -0.25) is 0 Å². The second kappa shape index (κ2) is 6.20. The molecule has 0 unspecified atom stereocenters. The van der Waals surface area contributed by atoms with Crippen LogP contribution in [0, 0.1) is 21.7 Å². The summed E-state index contributed by atoms with van der Waals surface area (Å²) in [6, 6.07) is 7.93. The Morgan fingerprint density at radius 2 is 2.08 bits per heavy atom. The lowest BCUT2D eigenvalue weighted by molar-refractivity contribution is -0.389. The number of nitrogens with one attached hydrogen (secondary N) is 1. The van der Waals surface area contributed by atoms with Gasteiger partial charge in [-0.15, -0.1) is 0 Å². The molecule has 0 saturated heterocycles. The summed E-state index contributed by atoms with van der Waals surface area (Å²) in [5, 5.41) is 24.0. The number of aliphatic hydroxyl groups excluding tert-OH is 1. The summed E-state index contributed by atoms with van der Waals surface area (Å²) < 4.78 is 27.4. The molecule has 0 aliphatic heterocycles. The lowest BCUT2D eigenvalue weighted by Crippen LogP contribution is -2.13. The molecule has 124 valence electrons. The number of nitro groups is 1. The molecule has 1 atom stereocenters. The standard InChI is InChI=1S/C15H12F2N4O3/c16-10-5-4-9(7-11(10)17)12(22)8-18-14-15(21(23)24)20-6-2-1-3-13(20)19-14/h1-7,12,18,22H,8H2/t12-/m1/s1. The summed E-state index contributed by atoms with van der Waals surface area (Å²) in [4.78, 5) is 14.7. The van der Waals surface area contributed by atoms with E-state index in [2.05, 4.69) is 10.3 Å². The van der Waals surface area contributed by atoms with Crippen molar-refractivity contribution in [1.82, 2.24) is 9.38 Å². The minimum absolute atomic E-state index is 0.0205. The highest BCUT2D eigenvalue weighted by molar-refractivity contribution is 5.62. The molecule has 3 aromatic rings. The highest BCUT2D eigenvalue weighted by atomic mass is 19.2. The number of rotatable bonds is 5. The molecule has 0 saturated carbocycles. The molecular weight excluding hydrogens is 322 g/mol. The van der Waals surface area contributed by atoms with Crippen LogP contribution >= 0.6 is 0 Å². The monoisotopic (exact) mass is 334 g/mol. The van der Waals surface area contributed by atoms with Crippen LogP contribution in [0.1, 0.15) is 11.7 Å². The van der Waals surface area contributed by atoms with Crippen molar-refractivity contribution in [2.45, 2.75) is 6.10 Å². The van der Waals surface area contributed by atoms with Crippen LogP contribution < -0.4 is 5.32 Å². The molecule has 0 spiro atoms. The number of nitrogens with zero attached hydrogens (tertiary/aromatic N) is 3. The van der Waals surface area contributed by atoms with Crippen molar-refractivity contribution < 1.29 is 18.8 Å². The number of halogens is 2. The van der Waals surface area contributed by atoms with E-state index in [0.29, 0.717) is 5.65 Å². The van der Waals surface area contributed by atoms with Gasteiger partial charge >= 0.3 is 5.82 Å². The Balaban J connectivity index is 1.83. The van der Waals surface area contributed by atoms with Crippen LogP contribution in [0.3, 0.4) is 0 Å². The van der Waals surface area contributed by atoms with Crippen LogP contribution in [0.4, 0.5) is 20.4 Å². The Morgan fingerprint density at radius 3 is 2.79 bits per heavy atom. The van der Waals surface area contributed by atoms with E-state index in [1.165, 1.54) is 16.7 Å². The second-order valence-corrected chi connectivity index (χ2v) is 5.04. The second-order valence-electron chi connectivity index (χ2n) is 5.04. The smallest absolute Gasteiger partial charge is 0.372 e. The molecule has 0 aliphatic carbocycles. The molecular formula is C15H12F2N4O3. The van der Waals surface area contributed by atoms with Crippen molar-refractivity contribution in [3.05, 3.63) is 69.9 Å². The Bertz CT molecular complexity index is 913. The zero-order valence-electron chi connectivity index (χ0n) is 12.2. The molecule has 3 rings (SSSR count). The molecule has 0 bridgehead atoms. The maximum atomic E-state index is 13.2. The van der Waals surface area contributed by atoms with E-state index in [1.54, 1.807) is 18.2 Å². The van der Waals surface area contributed by atoms with Crippen LogP contribution in [-0.2, 0) is 0 Å². The first-order valence-corrected chi connectivity index (χ1v) is 6.95. The van der Waals surface area contributed by atoms with E-state index in [9.17, 15) is 24.0 Å². The van der Waals surface area contributed by atoms with Gasteiger partial charge < -0.3 is 20.5 Å². The summed E-state index contributed by atoms with van der Waals surface area (Å²) in [7, 11) is 0. The van der Waals surface area contributed by atoms with Crippen LogP contribution in [0.5, 0.6) is 0 Å². The van der Waals surface area contributed by atoms with E-state index in [-0.39, 0.29) is 23.7 Å². The molecule has 0 amide bonds. The van der Waals surface area contributed by atoms with E-state index in [0.717, 1.165) is 12.1 Å². The third-order valence-corrected chi connectivity index (χ3v) is 3.47. The van der Waals surface area contributed by atoms with Crippen molar-refractivity contribution in [3.63, 3.8) is 0 Å². The average Bonchev–Trinajstić information content (AvgIpc) is 2.93. The predicted molar refractivity (Wildman–Crippen MR) is 81.7 cm³/mol. The average molecular weight is 334 g/mol. The number of aliphatic hydroxyl groups is 1. The summed E-state index contributed by atoms with van der Waals surface area (Å²) in [5.41, 5.74) is 0.516. The van der Waals surface area contributed by atoms with Gasteiger partial charge in [0.2, 0.25) is 11.5 Å². The minimum Gasteiger partial charge on any atom is -0.387 e. The third-order valence-electron chi connectivity index (χ3n) is 3.47. The number of benzene rings is 1. The molecule has 24 heavy (non-hydrogen) atoms. The number of aromatic nitrogens is 2. The van der Waals surface area contributed by atoms with Crippen molar-refractivity contribution in [1.29, 1.82) is 0 Å². The van der Waals surface area contributed by atoms with Crippen LogP contribution in [0.15, 0.2) is 42.6 Å². The van der Waals surface area contributed by atoms with Gasteiger partial charge in [-0.25, -0.2) is 8.78 Å². The molecule has 0 radical (unpaired) electrons. The van der Waals surface area contributed by atoms with Gasteiger partial charge in [0.25, 0.3) is 0 Å². The van der Waals surface area contributed by atoms with Crippen LogP contribution in [-0.4, -0.2) is 26.0 Å². The van der Waals surface area contributed by atoms with Gasteiger partial charge in [0.05, 0.1) is 12.3 Å². The number of hydrogen-bond donors (Lipinski definition) is 2. The first-order chi connectivity index (χ1) is 11.5. The van der Waals surface area contributed by atoms with Crippen LogP contribution in [0.25, 0.3) is 5.65 Å². The van der Waals surface area contributed by atoms with E-state index in [1.807, 2.05) is 0 Å².